The zero-order chi connectivity index (χ0) is 10.1. The molecule has 0 aliphatic rings. The lowest BCUT2D eigenvalue weighted by Gasteiger charge is -2.09. The summed E-state index contributed by atoms with van der Waals surface area (Å²) in [5.74, 6) is -2.80. The molecule has 13 heavy (non-hydrogen) atoms. The number of alkyl halides is 2. The lowest BCUT2D eigenvalue weighted by Crippen LogP contribution is -2.25. The van der Waals surface area contributed by atoms with E-state index >= 15 is 0 Å². The molecule has 0 unspecified atom stereocenters. The average Bonchev–Trinajstić information content (AvgIpc) is 2.52. The standard InChI is InChI=1S/C8H12F2N2S/c1-5(2)7-12-6(3-13-7)8(9,10)4-11/h3,5H,4,11H2,1-2H3. The van der Waals surface area contributed by atoms with Crippen LogP contribution in [0.4, 0.5) is 8.78 Å². The third kappa shape index (κ3) is 2.22. The number of aromatic nitrogens is 1. The second-order valence-corrected chi connectivity index (χ2v) is 4.02. The van der Waals surface area contributed by atoms with E-state index in [2.05, 4.69) is 4.98 Å². The van der Waals surface area contributed by atoms with Crippen molar-refractivity contribution in [3.8, 4) is 0 Å². The van der Waals surface area contributed by atoms with Crippen LogP contribution >= 0.6 is 11.3 Å². The molecule has 1 aromatic rings. The highest BCUT2D eigenvalue weighted by atomic mass is 32.1. The van der Waals surface area contributed by atoms with E-state index in [1.807, 2.05) is 13.8 Å². The molecule has 0 saturated carbocycles. The summed E-state index contributed by atoms with van der Waals surface area (Å²) in [6, 6.07) is 0. The molecule has 0 spiro atoms. The van der Waals surface area contributed by atoms with Gasteiger partial charge in [0.1, 0.15) is 5.69 Å². The number of nitrogens with zero attached hydrogens (tertiary/aromatic N) is 1. The largest absolute Gasteiger partial charge is 0.325 e. The lowest BCUT2D eigenvalue weighted by molar-refractivity contribution is 0.00185. The maximum Gasteiger partial charge on any atom is 0.302 e. The molecule has 0 aromatic carbocycles. The van der Waals surface area contributed by atoms with Crippen LogP contribution in [0, 0.1) is 0 Å². The molecule has 0 aliphatic carbocycles. The average molecular weight is 206 g/mol. The van der Waals surface area contributed by atoms with Gasteiger partial charge >= 0.3 is 5.92 Å². The second kappa shape index (κ2) is 3.67. The Hall–Kier alpha value is -0.550. The molecule has 0 amide bonds. The van der Waals surface area contributed by atoms with Gasteiger partial charge in [-0.25, -0.2) is 4.98 Å². The van der Waals surface area contributed by atoms with Crippen molar-refractivity contribution in [3.63, 3.8) is 0 Å². The van der Waals surface area contributed by atoms with Gasteiger partial charge in [-0.15, -0.1) is 11.3 Å². The minimum Gasteiger partial charge on any atom is -0.325 e. The third-order valence-corrected chi connectivity index (χ3v) is 2.79. The van der Waals surface area contributed by atoms with Crippen molar-refractivity contribution in [1.29, 1.82) is 0 Å². The van der Waals surface area contributed by atoms with E-state index in [0.29, 0.717) is 0 Å². The highest BCUT2D eigenvalue weighted by molar-refractivity contribution is 7.09. The molecule has 2 nitrogen and oxygen atoms in total. The third-order valence-electron chi connectivity index (χ3n) is 1.65. The van der Waals surface area contributed by atoms with Gasteiger partial charge in [0.25, 0.3) is 0 Å². The lowest BCUT2D eigenvalue weighted by atomic mass is 10.2. The van der Waals surface area contributed by atoms with Crippen molar-refractivity contribution in [1.82, 2.24) is 4.98 Å². The van der Waals surface area contributed by atoms with Gasteiger partial charge < -0.3 is 5.73 Å². The first kappa shape index (κ1) is 10.5. The van der Waals surface area contributed by atoms with Gasteiger partial charge in [0.05, 0.1) is 11.6 Å². The molecule has 5 heteroatoms. The molecular weight excluding hydrogens is 194 g/mol. The maximum atomic E-state index is 13.0. The molecule has 1 heterocycles. The van der Waals surface area contributed by atoms with Crippen LogP contribution < -0.4 is 5.73 Å². The van der Waals surface area contributed by atoms with Crippen molar-refractivity contribution >= 4 is 11.3 Å². The Morgan fingerprint density at radius 1 is 1.62 bits per heavy atom. The number of halogens is 2. The van der Waals surface area contributed by atoms with Crippen molar-refractivity contribution < 1.29 is 8.78 Å². The Kier molecular flexibility index (Phi) is 2.98. The smallest absolute Gasteiger partial charge is 0.302 e. The predicted octanol–water partition coefficient (Wildman–Crippen LogP) is 2.32. The quantitative estimate of drug-likeness (QED) is 0.824. The van der Waals surface area contributed by atoms with Crippen LogP contribution in [-0.4, -0.2) is 11.5 Å². The van der Waals surface area contributed by atoms with Crippen LogP contribution in [0.3, 0.4) is 0 Å². The molecule has 0 aliphatic heterocycles. The molecule has 0 atom stereocenters. The fourth-order valence-electron chi connectivity index (χ4n) is 0.825. The van der Waals surface area contributed by atoms with Gasteiger partial charge in [0.2, 0.25) is 0 Å². The summed E-state index contributed by atoms with van der Waals surface area (Å²) in [5, 5.41) is 2.10. The Bertz CT molecular complexity index is 283. The van der Waals surface area contributed by atoms with E-state index < -0.39 is 12.5 Å². The molecule has 0 radical (unpaired) electrons. The number of hydrogen-bond acceptors (Lipinski definition) is 3. The van der Waals surface area contributed by atoms with Crippen molar-refractivity contribution in [2.45, 2.75) is 25.7 Å². The van der Waals surface area contributed by atoms with Gasteiger partial charge in [-0.2, -0.15) is 8.78 Å². The van der Waals surface area contributed by atoms with Gasteiger partial charge in [0.15, 0.2) is 0 Å². The molecule has 0 bridgehead atoms. The fourth-order valence-corrected chi connectivity index (χ4v) is 1.71. The van der Waals surface area contributed by atoms with E-state index in [-0.39, 0.29) is 11.6 Å². The van der Waals surface area contributed by atoms with Gasteiger partial charge in [0, 0.05) is 11.3 Å². The molecule has 0 fully saturated rings. The van der Waals surface area contributed by atoms with Crippen LogP contribution in [-0.2, 0) is 5.92 Å². The number of hydrogen-bond donors (Lipinski definition) is 1. The predicted molar refractivity (Wildman–Crippen MR) is 49.2 cm³/mol. The molecule has 1 aromatic heterocycles. The highest BCUT2D eigenvalue weighted by Gasteiger charge is 2.32. The first-order valence-electron chi connectivity index (χ1n) is 4.01. The number of nitrogens with two attached hydrogens (primary N) is 1. The molecule has 2 N–H and O–H groups in total. The zero-order valence-corrected chi connectivity index (χ0v) is 8.37. The van der Waals surface area contributed by atoms with Crippen LogP contribution in [0.15, 0.2) is 5.38 Å². The summed E-state index contributed by atoms with van der Waals surface area (Å²) in [6.45, 7) is 3.15. The van der Waals surface area contributed by atoms with Gasteiger partial charge in [-0.05, 0) is 0 Å². The fraction of sp³-hybridized carbons (Fsp3) is 0.625. The van der Waals surface area contributed by atoms with Crippen molar-refractivity contribution in [3.05, 3.63) is 16.1 Å². The summed E-state index contributed by atoms with van der Waals surface area (Å²) in [7, 11) is 0. The Morgan fingerprint density at radius 2 is 2.23 bits per heavy atom. The maximum absolute atomic E-state index is 13.0. The summed E-state index contributed by atoms with van der Waals surface area (Å²) in [6.07, 6.45) is 0. The summed E-state index contributed by atoms with van der Waals surface area (Å²) >= 11 is 1.25. The first-order valence-corrected chi connectivity index (χ1v) is 4.89. The summed E-state index contributed by atoms with van der Waals surface area (Å²) in [4.78, 5) is 3.84. The molecule has 1 rings (SSSR count). The van der Waals surface area contributed by atoms with E-state index in [1.54, 1.807) is 0 Å². The monoisotopic (exact) mass is 206 g/mol. The normalized spacial score (nSPS) is 12.5. The van der Waals surface area contributed by atoms with Gasteiger partial charge in [-0.3, -0.25) is 0 Å². The van der Waals surface area contributed by atoms with Crippen molar-refractivity contribution in [2.75, 3.05) is 6.54 Å². The Morgan fingerprint density at radius 3 is 2.62 bits per heavy atom. The Balaban J connectivity index is 2.91. The van der Waals surface area contributed by atoms with E-state index in [0.717, 1.165) is 5.01 Å². The Labute approximate surface area is 79.8 Å². The van der Waals surface area contributed by atoms with Crippen LogP contribution in [0.5, 0.6) is 0 Å². The van der Waals surface area contributed by atoms with E-state index in [9.17, 15) is 8.78 Å². The SMILES string of the molecule is CC(C)c1nc(C(F)(F)CN)cs1. The van der Waals surface area contributed by atoms with E-state index in [4.69, 9.17) is 5.73 Å². The van der Waals surface area contributed by atoms with Crippen LogP contribution in [0.25, 0.3) is 0 Å². The topological polar surface area (TPSA) is 38.9 Å². The van der Waals surface area contributed by atoms with Crippen LogP contribution in [0.2, 0.25) is 0 Å². The van der Waals surface area contributed by atoms with Crippen LogP contribution in [0.1, 0.15) is 30.5 Å². The molecule has 0 saturated heterocycles. The number of thiazole rings is 1. The molecule has 74 valence electrons. The first-order chi connectivity index (χ1) is 5.97. The molecular formula is C8H12F2N2S. The zero-order valence-electron chi connectivity index (χ0n) is 7.55. The highest BCUT2D eigenvalue weighted by Crippen LogP contribution is 2.29. The number of rotatable bonds is 3. The minimum atomic E-state index is -2.98. The summed E-state index contributed by atoms with van der Waals surface area (Å²) < 4.78 is 26.0. The summed E-state index contributed by atoms with van der Waals surface area (Å²) in [5.41, 5.74) is 4.73. The second-order valence-electron chi connectivity index (χ2n) is 3.13. The van der Waals surface area contributed by atoms with E-state index in [1.165, 1.54) is 16.7 Å². The van der Waals surface area contributed by atoms with Gasteiger partial charge in [-0.1, -0.05) is 13.8 Å². The van der Waals surface area contributed by atoms with Crippen molar-refractivity contribution in [2.24, 2.45) is 5.73 Å². The minimum absolute atomic E-state index is 0.187.